The summed E-state index contributed by atoms with van der Waals surface area (Å²) >= 11 is 0. The zero-order chi connectivity index (χ0) is 11.1. The minimum atomic E-state index is -1.47. The van der Waals surface area contributed by atoms with E-state index in [4.69, 9.17) is 4.43 Å². The van der Waals surface area contributed by atoms with Crippen LogP contribution >= 0.6 is 0 Å². The number of rotatable bonds is 6. The molecule has 0 fully saturated rings. The predicted molar refractivity (Wildman–Crippen MR) is 67.3 cm³/mol. The van der Waals surface area contributed by atoms with Gasteiger partial charge >= 0.3 is 0 Å². The van der Waals surface area contributed by atoms with Gasteiger partial charge in [-0.1, -0.05) is 30.3 Å². The molecule has 0 spiro atoms. The summed E-state index contributed by atoms with van der Waals surface area (Å²) in [6.07, 6.45) is 1.01. The summed E-state index contributed by atoms with van der Waals surface area (Å²) in [5, 5.41) is 3.46. The van der Waals surface area contributed by atoms with Crippen molar-refractivity contribution in [2.75, 3.05) is 12.8 Å². The van der Waals surface area contributed by atoms with Crippen molar-refractivity contribution in [2.24, 2.45) is 0 Å². The standard InChI is InChI=1S/C12H21NOSi/c1-4-14-15(2,3)11-13-10-12-8-6-5-7-9-12/h5-9,13H,4,10-11H2,1-3H3. The molecule has 1 rings (SSSR count). The largest absolute Gasteiger partial charge is 0.416 e. The van der Waals surface area contributed by atoms with Crippen LogP contribution in [0.2, 0.25) is 13.1 Å². The third-order valence-electron chi connectivity index (χ3n) is 2.26. The van der Waals surface area contributed by atoms with E-state index >= 15 is 0 Å². The van der Waals surface area contributed by atoms with Crippen molar-refractivity contribution in [2.45, 2.75) is 26.6 Å². The molecular formula is C12H21NOSi. The second kappa shape index (κ2) is 6.05. The van der Waals surface area contributed by atoms with Crippen LogP contribution in [-0.4, -0.2) is 21.1 Å². The van der Waals surface area contributed by atoms with E-state index in [-0.39, 0.29) is 0 Å². The maximum absolute atomic E-state index is 5.74. The van der Waals surface area contributed by atoms with Gasteiger partial charge in [0.2, 0.25) is 0 Å². The number of hydrogen-bond acceptors (Lipinski definition) is 2. The summed E-state index contributed by atoms with van der Waals surface area (Å²) in [5.74, 6) is 0. The molecule has 0 heterocycles. The molecule has 1 aromatic rings. The van der Waals surface area contributed by atoms with Gasteiger partial charge < -0.3 is 9.74 Å². The normalized spacial score (nSPS) is 11.7. The average Bonchev–Trinajstić information content (AvgIpc) is 2.19. The SMILES string of the molecule is CCO[Si](C)(C)CNCc1ccccc1. The van der Waals surface area contributed by atoms with E-state index in [2.05, 4.69) is 49.6 Å². The molecule has 0 aliphatic carbocycles. The lowest BCUT2D eigenvalue weighted by Crippen LogP contribution is -2.42. The highest BCUT2D eigenvalue weighted by molar-refractivity contribution is 6.71. The molecule has 0 aliphatic rings. The summed E-state index contributed by atoms with van der Waals surface area (Å²) in [6, 6.07) is 10.5. The molecule has 84 valence electrons. The van der Waals surface area contributed by atoms with Crippen molar-refractivity contribution in [3.05, 3.63) is 35.9 Å². The highest BCUT2D eigenvalue weighted by Crippen LogP contribution is 2.03. The van der Waals surface area contributed by atoms with Crippen LogP contribution in [0.25, 0.3) is 0 Å². The summed E-state index contributed by atoms with van der Waals surface area (Å²) in [4.78, 5) is 0. The van der Waals surface area contributed by atoms with Crippen LogP contribution in [0.4, 0.5) is 0 Å². The van der Waals surface area contributed by atoms with Gasteiger partial charge in [-0.2, -0.15) is 0 Å². The smallest absolute Gasteiger partial charge is 0.200 e. The minimum Gasteiger partial charge on any atom is -0.416 e. The molecule has 0 aliphatic heterocycles. The van der Waals surface area contributed by atoms with E-state index in [1.165, 1.54) is 5.56 Å². The molecule has 0 saturated carbocycles. The van der Waals surface area contributed by atoms with Gasteiger partial charge in [-0.3, -0.25) is 0 Å². The maximum Gasteiger partial charge on any atom is 0.200 e. The monoisotopic (exact) mass is 223 g/mol. The summed E-state index contributed by atoms with van der Waals surface area (Å²) in [6.45, 7) is 8.31. The highest BCUT2D eigenvalue weighted by atomic mass is 28.4. The van der Waals surface area contributed by atoms with E-state index in [1.807, 2.05) is 6.07 Å². The van der Waals surface area contributed by atoms with Gasteiger partial charge in [-0.25, -0.2) is 0 Å². The third-order valence-corrected chi connectivity index (χ3v) is 4.43. The van der Waals surface area contributed by atoms with Crippen LogP contribution in [0, 0.1) is 0 Å². The molecule has 0 amide bonds. The first-order valence-corrected chi connectivity index (χ1v) is 8.64. The van der Waals surface area contributed by atoms with Crippen molar-refractivity contribution >= 4 is 8.32 Å². The number of benzene rings is 1. The minimum absolute atomic E-state index is 0.826. The van der Waals surface area contributed by atoms with Gasteiger partial charge in [0.15, 0.2) is 8.32 Å². The first kappa shape index (κ1) is 12.4. The molecule has 2 nitrogen and oxygen atoms in total. The van der Waals surface area contributed by atoms with Crippen LogP contribution in [-0.2, 0) is 11.0 Å². The van der Waals surface area contributed by atoms with E-state index in [9.17, 15) is 0 Å². The van der Waals surface area contributed by atoms with Crippen molar-refractivity contribution in [1.82, 2.24) is 5.32 Å². The van der Waals surface area contributed by atoms with Gasteiger partial charge in [-0.15, -0.1) is 0 Å². The second-order valence-electron chi connectivity index (χ2n) is 4.28. The Hall–Kier alpha value is -0.643. The molecule has 1 N–H and O–H groups in total. The molecule has 0 saturated heterocycles. The fourth-order valence-corrected chi connectivity index (χ4v) is 3.16. The van der Waals surface area contributed by atoms with Gasteiger partial charge in [0.05, 0.1) is 0 Å². The average molecular weight is 223 g/mol. The van der Waals surface area contributed by atoms with Crippen molar-refractivity contribution in [3.8, 4) is 0 Å². The lowest BCUT2D eigenvalue weighted by molar-refractivity contribution is 0.326. The molecule has 0 atom stereocenters. The predicted octanol–water partition coefficient (Wildman–Crippen LogP) is 2.56. The number of nitrogens with one attached hydrogen (secondary N) is 1. The molecule has 0 bridgehead atoms. The van der Waals surface area contributed by atoms with Crippen molar-refractivity contribution < 1.29 is 4.43 Å². The highest BCUT2D eigenvalue weighted by Gasteiger charge is 2.20. The van der Waals surface area contributed by atoms with Gasteiger partial charge in [0.25, 0.3) is 0 Å². The van der Waals surface area contributed by atoms with E-state index in [0.717, 1.165) is 19.3 Å². The van der Waals surface area contributed by atoms with Crippen LogP contribution in [0.15, 0.2) is 30.3 Å². The first-order valence-electron chi connectivity index (χ1n) is 5.52. The fourth-order valence-electron chi connectivity index (χ4n) is 1.55. The Morgan fingerprint density at radius 3 is 2.47 bits per heavy atom. The molecule has 1 aromatic carbocycles. The Kier molecular flexibility index (Phi) is 5.01. The molecule has 3 heteroatoms. The Morgan fingerprint density at radius 1 is 1.20 bits per heavy atom. The Morgan fingerprint density at radius 2 is 1.87 bits per heavy atom. The summed E-state index contributed by atoms with van der Waals surface area (Å²) in [7, 11) is -1.47. The van der Waals surface area contributed by atoms with Gasteiger partial charge in [-0.05, 0) is 25.6 Å². The van der Waals surface area contributed by atoms with Crippen molar-refractivity contribution in [3.63, 3.8) is 0 Å². The first-order chi connectivity index (χ1) is 7.14. The lowest BCUT2D eigenvalue weighted by atomic mass is 10.2. The summed E-state index contributed by atoms with van der Waals surface area (Å²) in [5.41, 5.74) is 1.33. The van der Waals surface area contributed by atoms with Gasteiger partial charge in [0.1, 0.15) is 0 Å². The molecular weight excluding hydrogens is 202 g/mol. The zero-order valence-electron chi connectivity index (χ0n) is 9.92. The second-order valence-corrected chi connectivity index (χ2v) is 8.44. The molecule has 0 aromatic heterocycles. The summed E-state index contributed by atoms with van der Waals surface area (Å²) < 4.78 is 5.74. The molecule has 0 radical (unpaired) electrons. The third kappa shape index (κ3) is 5.11. The maximum atomic E-state index is 5.74. The van der Waals surface area contributed by atoms with Gasteiger partial charge in [0, 0.05) is 19.3 Å². The lowest BCUT2D eigenvalue weighted by Gasteiger charge is -2.22. The molecule has 0 unspecified atom stereocenters. The van der Waals surface area contributed by atoms with E-state index < -0.39 is 8.32 Å². The number of hydrogen-bond donors (Lipinski definition) is 1. The fraction of sp³-hybridized carbons (Fsp3) is 0.500. The van der Waals surface area contributed by atoms with Crippen LogP contribution in [0.5, 0.6) is 0 Å². The zero-order valence-corrected chi connectivity index (χ0v) is 10.9. The topological polar surface area (TPSA) is 21.3 Å². The quantitative estimate of drug-likeness (QED) is 0.748. The van der Waals surface area contributed by atoms with Crippen LogP contribution in [0.3, 0.4) is 0 Å². The Bertz CT molecular complexity index is 274. The van der Waals surface area contributed by atoms with E-state index in [1.54, 1.807) is 0 Å². The van der Waals surface area contributed by atoms with Crippen LogP contribution < -0.4 is 5.32 Å². The van der Waals surface area contributed by atoms with E-state index in [0.29, 0.717) is 0 Å². The molecule has 15 heavy (non-hydrogen) atoms. The van der Waals surface area contributed by atoms with Crippen molar-refractivity contribution in [1.29, 1.82) is 0 Å². The Balaban J connectivity index is 2.27. The Labute approximate surface area is 93.8 Å². The van der Waals surface area contributed by atoms with Crippen LogP contribution in [0.1, 0.15) is 12.5 Å².